The van der Waals surface area contributed by atoms with Crippen LogP contribution >= 0.6 is 23.1 Å². The van der Waals surface area contributed by atoms with E-state index in [-0.39, 0.29) is 22.9 Å². The van der Waals surface area contributed by atoms with Crippen molar-refractivity contribution in [3.63, 3.8) is 0 Å². The van der Waals surface area contributed by atoms with Gasteiger partial charge in [0.1, 0.15) is 5.75 Å². The number of hydrogen-bond donors (Lipinski definition) is 1. The highest BCUT2D eigenvalue weighted by molar-refractivity contribution is 7.99. The summed E-state index contributed by atoms with van der Waals surface area (Å²) >= 11 is 3.00. The molecule has 0 bridgehead atoms. The maximum Gasteiger partial charge on any atom is 0.316 e. The number of anilines is 1. The van der Waals surface area contributed by atoms with Crippen molar-refractivity contribution in [3.05, 3.63) is 50.7 Å². The molecule has 1 aromatic carbocycles. The molecule has 0 fully saturated rings. The number of carbonyl (C=O) groups excluding carboxylic acids is 2. The number of nitro benzene ring substituents is 1. The van der Waals surface area contributed by atoms with Gasteiger partial charge in [-0.25, -0.2) is 0 Å². The number of carbonyl (C=O) groups is 2. The number of nitro groups is 1. The van der Waals surface area contributed by atoms with Gasteiger partial charge in [-0.1, -0.05) is 6.07 Å². The van der Waals surface area contributed by atoms with Crippen LogP contribution in [0.1, 0.15) is 4.88 Å². The van der Waals surface area contributed by atoms with Gasteiger partial charge < -0.3 is 14.8 Å². The molecule has 0 atom stereocenters. The molecule has 0 aliphatic heterocycles. The minimum Gasteiger partial charge on any atom is -0.495 e. The van der Waals surface area contributed by atoms with E-state index < -0.39 is 23.4 Å². The molecule has 2 aromatic rings. The molecular formula is C16H16N2O6S2. The van der Waals surface area contributed by atoms with Crippen molar-refractivity contribution in [1.82, 2.24) is 0 Å². The van der Waals surface area contributed by atoms with Gasteiger partial charge in [0.2, 0.25) is 0 Å². The third-order valence-corrected chi connectivity index (χ3v) is 5.09. The molecular weight excluding hydrogens is 380 g/mol. The molecule has 8 nitrogen and oxygen atoms in total. The summed E-state index contributed by atoms with van der Waals surface area (Å²) in [6.07, 6.45) is 0. The smallest absolute Gasteiger partial charge is 0.316 e. The maximum absolute atomic E-state index is 11.9. The van der Waals surface area contributed by atoms with E-state index in [9.17, 15) is 19.7 Å². The molecule has 2 rings (SSSR count). The van der Waals surface area contributed by atoms with Crippen molar-refractivity contribution in [2.45, 2.75) is 5.75 Å². The molecule has 1 amide bonds. The van der Waals surface area contributed by atoms with Crippen LogP contribution in [0.15, 0.2) is 35.7 Å². The Bertz CT molecular complexity index is 779. The number of thiophene rings is 1. The second-order valence-corrected chi connectivity index (χ2v) is 6.94. The van der Waals surface area contributed by atoms with Gasteiger partial charge in [0, 0.05) is 22.8 Å². The lowest BCUT2D eigenvalue weighted by molar-refractivity contribution is -0.384. The fourth-order valence-electron chi connectivity index (χ4n) is 1.91. The molecule has 0 spiro atoms. The molecule has 0 aliphatic carbocycles. The fourth-order valence-corrected chi connectivity index (χ4v) is 3.57. The van der Waals surface area contributed by atoms with Crippen molar-refractivity contribution in [3.8, 4) is 5.75 Å². The Hall–Kier alpha value is -2.59. The molecule has 0 saturated heterocycles. The van der Waals surface area contributed by atoms with Crippen LogP contribution in [-0.4, -0.2) is 36.3 Å². The van der Waals surface area contributed by atoms with Gasteiger partial charge >= 0.3 is 5.97 Å². The summed E-state index contributed by atoms with van der Waals surface area (Å²) < 4.78 is 9.95. The average molecular weight is 396 g/mol. The van der Waals surface area contributed by atoms with Crippen LogP contribution in [0.5, 0.6) is 5.75 Å². The van der Waals surface area contributed by atoms with Gasteiger partial charge in [0.15, 0.2) is 6.61 Å². The number of hydrogen-bond acceptors (Lipinski definition) is 8. The largest absolute Gasteiger partial charge is 0.495 e. The number of amides is 1. The first kappa shape index (κ1) is 19.7. The minimum absolute atomic E-state index is 0.130. The highest BCUT2D eigenvalue weighted by Gasteiger charge is 2.15. The highest BCUT2D eigenvalue weighted by Crippen LogP contribution is 2.28. The summed E-state index contributed by atoms with van der Waals surface area (Å²) in [5.41, 5.74) is -0.0575. The van der Waals surface area contributed by atoms with E-state index >= 15 is 0 Å². The summed E-state index contributed by atoms with van der Waals surface area (Å²) in [5.74, 6) is -0.0234. The lowest BCUT2D eigenvalue weighted by Gasteiger charge is -2.10. The van der Waals surface area contributed by atoms with Crippen LogP contribution in [0.4, 0.5) is 11.4 Å². The standard InChI is InChI=1S/C16H16N2O6S2/c1-23-14-5-4-11(18(21)22)7-13(14)17-15(19)8-24-16(20)10-25-9-12-3-2-6-26-12/h2-7H,8-10H2,1H3,(H,17,19). The van der Waals surface area contributed by atoms with Crippen molar-refractivity contribution >= 4 is 46.3 Å². The first-order valence-corrected chi connectivity index (χ1v) is 9.41. The summed E-state index contributed by atoms with van der Waals surface area (Å²) in [5, 5.41) is 15.2. The molecule has 1 heterocycles. The monoisotopic (exact) mass is 396 g/mol. The third-order valence-electron chi connectivity index (χ3n) is 3.08. The SMILES string of the molecule is COc1ccc([N+](=O)[O-])cc1NC(=O)COC(=O)CSCc1cccs1. The molecule has 0 unspecified atom stereocenters. The highest BCUT2D eigenvalue weighted by atomic mass is 32.2. The molecule has 0 aliphatic rings. The first-order valence-electron chi connectivity index (χ1n) is 7.37. The zero-order valence-electron chi connectivity index (χ0n) is 13.8. The number of rotatable bonds is 9. The van der Waals surface area contributed by atoms with Crippen LogP contribution in [0.25, 0.3) is 0 Å². The Morgan fingerprint density at radius 1 is 1.35 bits per heavy atom. The summed E-state index contributed by atoms with van der Waals surface area (Å²) in [6.45, 7) is -0.482. The lowest BCUT2D eigenvalue weighted by Crippen LogP contribution is -2.22. The molecule has 1 N–H and O–H groups in total. The Balaban J connectivity index is 1.80. The second kappa shape index (κ2) is 9.78. The Morgan fingerprint density at radius 2 is 2.15 bits per heavy atom. The molecule has 26 heavy (non-hydrogen) atoms. The van der Waals surface area contributed by atoms with Crippen LogP contribution < -0.4 is 10.1 Å². The summed E-state index contributed by atoms with van der Waals surface area (Å²) in [6, 6.07) is 7.73. The quantitative estimate of drug-likeness (QED) is 0.394. The number of nitrogens with zero attached hydrogens (tertiary/aromatic N) is 1. The zero-order valence-corrected chi connectivity index (χ0v) is 15.4. The number of thioether (sulfide) groups is 1. The number of esters is 1. The van der Waals surface area contributed by atoms with Gasteiger partial charge in [-0.2, -0.15) is 0 Å². The average Bonchev–Trinajstić information content (AvgIpc) is 3.13. The Kier molecular flexibility index (Phi) is 7.42. The number of benzene rings is 1. The number of nitrogens with one attached hydrogen (secondary N) is 1. The van der Waals surface area contributed by atoms with E-state index in [4.69, 9.17) is 9.47 Å². The molecule has 138 valence electrons. The molecule has 0 radical (unpaired) electrons. The topological polar surface area (TPSA) is 108 Å². The molecule has 1 aromatic heterocycles. The normalized spacial score (nSPS) is 10.2. The van der Waals surface area contributed by atoms with E-state index in [0.29, 0.717) is 5.75 Å². The fraction of sp³-hybridized carbons (Fsp3) is 0.250. The van der Waals surface area contributed by atoms with Gasteiger partial charge in [-0.3, -0.25) is 19.7 Å². The molecule has 10 heteroatoms. The van der Waals surface area contributed by atoms with Crippen LogP contribution in [0.2, 0.25) is 0 Å². The Morgan fingerprint density at radius 3 is 2.81 bits per heavy atom. The lowest BCUT2D eigenvalue weighted by atomic mass is 10.2. The summed E-state index contributed by atoms with van der Waals surface area (Å²) in [4.78, 5) is 35.0. The van der Waals surface area contributed by atoms with E-state index in [1.165, 1.54) is 37.1 Å². The van der Waals surface area contributed by atoms with E-state index in [2.05, 4.69) is 5.32 Å². The zero-order chi connectivity index (χ0) is 18.9. The first-order chi connectivity index (χ1) is 12.5. The van der Waals surface area contributed by atoms with Crippen molar-refractivity contribution in [2.24, 2.45) is 0 Å². The van der Waals surface area contributed by atoms with Gasteiger partial charge in [-0.05, 0) is 17.5 Å². The van der Waals surface area contributed by atoms with Gasteiger partial charge in [0.25, 0.3) is 11.6 Å². The van der Waals surface area contributed by atoms with Crippen LogP contribution in [0.3, 0.4) is 0 Å². The second-order valence-electron chi connectivity index (χ2n) is 4.92. The number of methoxy groups -OCH3 is 1. The number of non-ortho nitro benzene ring substituents is 1. The van der Waals surface area contributed by atoms with E-state index in [1.54, 1.807) is 11.3 Å². The van der Waals surface area contributed by atoms with Gasteiger partial charge in [0.05, 0.1) is 23.5 Å². The summed E-state index contributed by atoms with van der Waals surface area (Å²) in [7, 11) is 1.38. The predicted molar refractivity (Wildman–Crippen MR) is 99.7 cm³/mol. The van der Waals surface area contributed by atoms with Crippen molar-refractivity contribution in [1.29, 1.82) is 0 Å². The van der Waals surface area contributed by atoms with E-state index in [0.717, 1.165) is 4.88 Å². The van der Waals surface area contributed by atoms with Crippen LogP contribution in [-0.2, 0) is 20.1 Å². The van der Waals surface area contributed by atoms with E-state index in [1.807, 2.05) is 17.5 Å². The maximum atomic E-state index is 11.9. The molecule has 0 saturated carbocycles. The predicted octanol–water partition coefficient (Wildman–Crippen LogP) is 3.08. The Labute approximate surface area is 157 Å². The third kappa shape index (κ3) is 6.05. The van der Waals surface area contributed by atoms with Crippen LogP contribution in [0, 0.1) is 10.1 Å². The van der Waals surface area contributed by atoms with Crippen molar-refractivity contribution < 1.29 is 24.0 Å². The number of ether oxygens (including phenoxy) is 2. The minimum atomic E-state index is -0.611. The van der Waals surface area contributed by atoms with Gasteiger partial charge in [-0.15, -0.1) is 23.1 Å². The van der Waals surface area contributed by atoms with Crippen molar-refractivity contribution in [2.75, 3.05) is 24.8 Å².